The Labute approximate surface area is 192 Å². The van der Waals surface area contributed by atoms with Crippen LogP contribution in [0.25, 0.3) is 10.9 Å². The summed E-state index contributed by atoms with van der Waals surface area (Å²) in [5.74, 6) is -2.50. The Balaban J connectivity index is 2.16. The SMILES string of the molecule is CC(C)(C)OC(=O)N[C@@H](Cc1c[nH]c2ccccc12)C(=O)C[C@@H](CCCNC(N)=O)C(=O)O. The minimum atomic E-state index is -1.12. The molecule has 0 unspecified atom stereocenters. The van der Waals surface area contributed by atoms with E-state index in [9.17, 15) is 24.3 Å². The molecule has 10 heteroatoms. The molecular weight excluding hydrogens is 428 g/mol. The molecule has 10 nitrogen and oxygen atoms in total. The first-order valence-corrected chi connectivity index (χ1v) is 10.8. The van der Waals surface area contributed by atoms with Gasteiger partial charge in [-0.25, -0.2) is 9.59 Å². The molecule has 0 fully saturated rings. The van der Waals surface area contributed by atoms with Crippen molar-refractivity contribution in [2.75, 3.05) is 6.54 Å². The summed E-state index contributed by atoms with van der Waals surface area (Å²) in [4.78, 5) is 51.1. The predicted molar refractivity (Wildman–Crippen MR) is 123 cm³/mol. The van der Waals surface area contributed by atoms with Gasteiger partial charge in [-0.05, 0) is 45.2 Å². The molecule has 0 radical (unpaired) electrons. The van der Waals surface area contributed by atoms with Crippen LogP contribution >= 0.6 is 0 Å². The van der Waals surface area contributed by atoms with Gasteiger partial charge in [0, 0.05) is 36.5 Å². The molecule has 180 valence electrons. The van der Waals surface area contributed by atoms with Crippen molar-refractivity contribution in [2.24, 2.45) is 11.7 Å². The van der Waals surface area contributed by atoms with E-state index in [4.69, 9.17) is 10.5 Å². The van der Waals surface area contributed by atoms with Crippen molar-refractivity contribution in [1.82, 2.24) is 15.6 Å². The van der Waals surface area contributed by atoms with Crippen molar-refractivity contribution in [3.05, 3.63) is 36.0 Å². The maximum atomic E-state index is 13.1. The number of aromatic nitrogens is 1. The summed E-state index contributed by atoms with van der Waals surface area (Å²) in [7, 11) is 0. The first-order chi connectivity index (χ1) is 15.5. The van der Waals surface area contributed by atoms with Crippen molar-refractivity contribution in [3.63, 3.8) is 0 Å². The molecule has 1 aromatic carbocycles. The highest BCUT2D eigenvalue weighted by molar-refractivity contribution is 5.91. The molecule has 2 aromatic rings. The number of amides is 3. The van der Waals surface area contributed by atoms with E-state index < -0.39 is 41.4 Å². The summed E-state index contributed by atoms with van der Waals surface area (Å²) in [6, 6.07) is 5.90. The predicted octanol–water partition coefficient (Wildman–Crippen LogP) is 2.71. The molecule has 0 bridgehead atoms. The van der Waals surface area contributed by atoms with E-state index in [0.717, 1.165) is 16.5 Å². The molecule has 2 atom stereocenters. The number of carbonyl (C=O) groups excluding carboxylic acids is 3. The summed E-state index contributed by atoms with van der Waals surface area (Å²) in [5.41, 5.74) is 5.96. The summed E-state index contributed by atoms with van der Waals surface area (Å²) in [5, 5.41) is 15.5. The second-order valence-corrected chi connectivity index (χ2v) is 8.90. The van der Waals surface area contributed by atoms with Gasteiger partial charge < -0.3 is 31.2 Å². The minimum Gasteiger partial charge on any atom is -0.481 e. The van der Waals surface area contributed by atoms with E-state index in [1.54, 1.807) is 27.0 Å². The Kier molecular flexibility index (Phi) is 8.84. The lowest BCUT2D eigenvalue weighted by molar-refractivity contribution is -0.144. The summed E-state index contributed by atoms with van der Waals surface area (Å²) in [6.07, 6.45) is 1.45. The van der Waals surface area contributed by atoms with E-state index in [1.165, 1.54) is 0 Å². The molecule has 0 aliphatic rings. The van der Waals surface area contributed by atoms with Gasteiger partial charge in [0.1, 0.15) is 5.60 Å². The third kappa shape index (κ3) is 8.47. The fourth-order valence-electron chi connectivity index (χ4n) is 3.47. The molecule has 33 heavy (non-hydrogen) atoms. The highest BCUT2D eigenvalue weighted by Gasteiger charge is 2.29. The number of urea groups is 1. The van der Waals surface area contributed by atoms with Crippen molar-refractivity contribution >= 4 is 34.8 Å². The Bertz CT molecular complexity index is 994. The number of nitrogens with one attached hydrogen (secondary N) is 3. The van der Waals surface area contributed by atoms with Crippen molar-refractivity contribution < 1.29 is 29.0 Å². The van der Waals surface area contributed by atoms with Crippen LogP contribution in [-0.4, -0.2) is 52.2 Å². The number of benzene rings is 1. The topological polar surface area (TPSA) is 164 Å². The van der Waals surface area contributed by atoms with Crippen LogP contribution in [0.1, 0.15) is 45.6 Å². The lowest BCUT2D eigenvalue weighted by Gasteiger charge is -2.24. The zero-order valence-electron chi connectivity index (χ0n) is 19.1. The Hall–Kier alpha value is -3.56. The number of carboxylic acids is 1. The number of aliphatic carboxylic acids is 1. The number of carboxylic acid groups (broad SMARTS) is 1. The number of para-hydroxylation sites is 1. The molecule has 0 saturated heterocycles. The van der Waals surface area contributed by atoms with E-state index >= 15 is 0 Å². The number of carbonyl (C=O) groups is 4. The summed E-state index contributed by atoms with van der Waals surface area (Å²) >= 11 is 0. The molecule has 6 N–H and O–H groups in total. The smallest absolute Gasteiger partial charge is 0.408 e. The molecular formula is C23H32N4O6. The van der Waals surface area contributed by atoms with Gasteiger partial charge in [0.05, 0.1) is 12.0 Å². The molecule has 1 aromatic heterocycles. The Morgan fingerprint density at radius 3 is 2.52 bits per heavy atom. The average molecular weight is 461 g/mol. The number of rotatable bonds is 11. The van der Waals surface area contributed by atoms with Gasteiger partial charge in [0.25, 0.3) is 0 Å². The maximum absolute atomic E-state index is 13.1. The third-order valence-electron chi connectivity index (χ3n) is 5.00. The number of nitrogens with two attached hydrogens (primary N) is 1. The summed E-state index contributed by atoms with van der Waals surface area (Å²) < 4.78 is 5.30. The fraction of sp³-hybridized carbons (Fsp3) is 0.478. The molecule has 0 aliphatic heterocycles. The Morgan fingerprint density at radius 1 is 1.18 bits per heavy atom. The monoisotopic (exact) mass is 460 g/mol. The maximum Gasteiger partial charge on any atom is 0.408 e. The quantitative estimate of drug-likeness (QED) is 0.324. The van der Waals surface area contributed by atoms with E-state index in [2.05, 4.69) is 15.6 Å². The first-order valence-electron chi connectivity index (χ1n) is 10.8. The van der Waals surface area contributed by atoms with Gasteiger partial charge in [-0.3, -0.25) is 9.59 Å². The third-order valence-corrected chi connectivity index (χ3v) is 5.00. The minimum absolute atomic E-state index is 0.174. The molecule has 0 spiro atoms. The number of ketones is 1. The normalized spacial score (nSPS) is 13.2. The number of H-pyrrole nitrogens is 1. The first kappa shape index (κ1) is 25.7. The van der Waals surface area contributed by atoms with Gasteiger partial charge in [-0.2, -0.15) is 0 Å². The lowest BCUT2D eigenvalue weighted by Crippen LogP contribution is -2.45. The van der Waals surface area contributed by atoms with Gasteiger partial charge in [0.2, 0.25) is 0 Å². The number of Topliss-reactive ketones (excluding diaryl/α,β-unsaturated/α-hetero) is 1. The Morgan fingerprint density at radius 2 is 1.88 bits per heavy atom. The number of aromatic amines is 1. The van der Waals surface area contributed by atoms with Gasteiger partial charge in [0.15, 0.2) is 5.78 Å². The number of hydrogen-bond donors (Lipinski definition) is 5. The van der Waals surface area contributed by atoms with Gasteiger partial charge >= 0.3 is 18.1 Å². The second kappa shape index (κ2) is 11.3. The number of primary amides is 1. The standard InChI is InChI=1S/C23H32N4O6/c1-23(2,3)33-22(32)27-18(11-15-13-26-17-9-5-4-8-16(15)17)19(28)12-14(20(29)30)7-6-10-25-21(24)31/h4-5,8-9,13-14,18,26H,6-7,10-12H2,1-3H3,(H,27,32)(H,29,30)(H3,24,25,31)/t14-,18+/m1/s1. The largest absolute Gasteiger partial charge is 0.481 e. The van der Waals surface area contributed by atoms with Crippen molar-refractivity contribution in [3.8, 4) is 0 Å². The van der Waals surface area contributed by atoms with Gasteiger partial charge in [-0.15, -0.1) is 0 Å². The molecule has 0 saturated carbocycles. The van der Waals surface area contributed by atoms with E-state index in [0.29, 0.717) is 6.42 Å². The van der Waals surface area contributed by atoms with Crippen LogP contribution in [0.4, 0.5) is 9.59 Å². The number of hydrogen-bond acceptors (Lipinski definition) is 5. The van der Waals surface area contributed by atoms with Crippen molar-refractivity contribution in [2.45, 2.75) is 58.1 Å². The second-order valence-electron chi connectivity index (χ2n) is 8.90. The molecule has 3 amide bonds. The highest BCUT2D eigenvalue weighted by atomic mass is 16.6. The fourth-order valence-corrected chi connectivity index (χ4v) is 3.47. The number of fused-ring (bicyclic) bond motifs is 1. The van der Waals surface area contributed by atoms with Crippen LogP contribution in [0.15, 0.2) is 30.5 Å². The van der Waals surface area contributed by atoms with Crippen LogP contribution in [0.3, 0.4) is 0 Å². The van der Waals surface area contributed by atoms with E-state index in [-0.39, 0.29) is 25.8 Å². The van der Waals surface area contributed by atoms with Crippen LogP contribution < -0.4 is 16.4 Å². The van der Waals surface area contributed by atoms with Crippen LogP contribution in [-0.2, 0) is 20.7 Å². The number of ether oxygens (including phenoxy) is 1. The molecule has 0 aliphatic carbocycles. The average Bonchev–Trinajstić information content (AvgIpc) is 3.10. The van der Waals surface area contributed by atoms with Crippen LogP contribution in [0.2, 0.25) is 0 Å². The highest BCUT2D eigenvalue weighted by Crippen LogP contribution is 2.21. The van der Waals surface area contributed by atoms with E-state index in [1.807, 2.05) is 24.3 Å². The molecule has 2 rings (SSSR count). The zero-order chi connectivity index (χ0) is 24.6. The van der Waals surface area contributed by atoms with Gasteiger partial charge in [-0.1, -0.05) is 18.2 Å². The van der Waals surface area contributed by atoms with Crippen LogP contribution in [0.5, 0.6) is 0 Å². The molecule has 1 heterocycles. The summed E-state index contributed by atoms with van der Waals surface area (Å²) in [6.45, 7) is 5.35. The van der Waals surface area contributed by atoms with Crippen LogP contribution in [0, 0.1) is 5.92 Å². The van der Waals surface area contributed by atoms with Crippen molar-refractivity contribution in [1.29, 1.82) is 0 Å². The lowest BCUT2D eigenvalue weighted by atomic mass is 9.92. The zero-order valence-corrected chi connectivity index (χ0v) is 19.1. The number of alkyl carbamates (subject to hydrolysis) is 1.